The van der Waals surface area contributed by atoms with Gasteiger partial charge in [-0.1, -0.05) is 74.0 Å². The fourth-order valence-electron chi connectivity index (χ4n) is 5.67. The lowest BCUT2D eigenvalue weighted by atomic mass is 9.70. The summed E-state index contributed by atoms with van der Waals surface area (Å²) in [5.41, 5.74) is 9.11. The van der Waals surface area contributed by atoms with Crippen molar-refractivity contribution < 1.29 is 14.4 Å². The third-order valence-electron chi connectivity index (χ3n) is 7.86. The molecule has 224 valence electrons. The average molecular weight is 580 g/mol. The molecule has 3 aromatic carbocycles. The number of aryl methyl sites for hydroxylation is 1. The fraction of sp³-hybridized carbons (Fsp3) is 0.343. The maximum Gasteiger partial charge on any atom is 0.264 e. The summed E-state index contributed by atoms with van der Waals surface area (Å²) in [6.07, 6.45) is 0.937. The summed E-state index contributed by atoms with van der Waals surface area (Å²) in [4.78, 5) is 51.6. The highest BCUT2D eigenvalue weighted by Gasteiger charge is 2.47. The number of nitrogens with two attached hydrogens (primary N) is 1. The first-order valence-electron chi connectivity index (χ1n) is 14.8. The molecule has 1 aliphatic heterocycles. The van der Waals surface area contributed by atoms with Gasteiger partial charge in [0.1, 0.15) is 5.41 Å². The van der Waals surface area contributed by atoms with Gasteiger partial charge in [0.15, 0.2) is 5.84 Å². The average Bonchev–Trinajstić information content (AvgIpc) is 2.97. The minimum atomic E-state index is -1.19. The van der Waals surface area contributed by atoms with Gasteiger partial charge in [-0.3, -0.25) is 14.4 Å². The number of amides is 3. The predicted molar refractivity (Wildman–Crippen MR) is 173 cm³/mol. The molecule has 8 heteroatoms. The van der Waals surface area contributed by atoms with Crippen LogP contribution < -0.4 is 11.1 Å². The summed E-state index contributed by atoms with van der Waals surface area (Å²) >= 11 is 0. The van der Waals surface area contributed by atoms with Crippen molar-refractivity contribution in [2.45, 2.75) is 58.9 Å². The molecule has 0 bridgehead atoms. The number of carbonyl (C=O) groups excluding carboxylic acids is 3. The summed E-state index contributed by atoms with van der Waals surface area (Å²) in [5, 5.41) is 2.82. The second kappa shape index (κ2) is 13.7. The largest absolute Gasteiger partial charge is 0.330 e. The van der Waals surface area contributed by atoms with Crippen LogP contribution in [0.2, 0.25) is 0 Å². The Kier molecular flexibility index (Phi) is 10.0. The van der Waals surface area contributed by atoms with Crippen molar-refractivity contribution in [2.24, 2.45) is 21.6 Å². The van der Waals surface area contributed by atoms with Gasteiger partial charge < -0.3 is 16.0 Å². The van der Waals surface area contributed by atoms with Crippen molar-refractivity contribution in [1.29, 1.82) is 0 Å². The number of rotatable bonds is 11. The number of aliphatic imine (C=N–C) groups is 2. The molecule has 1 aliphatic rings. The normalized spacial score (nSPS) is 17.2. The van der Waals surface area contributed by atoms with Gasteiger partial charge in [0, 0.05) is 30.4 Å². The first kappa shape index (κ1) is 31.5. The van der Waals surface area contributed by atoms with E-state index in [-0.39, 0.29) is 23.6 Å². The van der Waals surface area contributed by atoms with Crippen LogP contribution in [-0.4, -0.2) is 53.3 Å². The van der Waals surface area contributed by atoms with E-state index in [4.69, 9.17) is 10.7 Å². The first-order chi connectivity index (χ1) is 20.6. The molecule has 0 spiro atoms. The van der Waals surface area contributed by atoms with E-state index in [1.165, 1.54) is 6.92 Å². The van der Waals surface area contributed by atoms with Crippen LogP contribution in [0.1, 0.15) is 61.2 Å². The number of benzene rings is 3. The van der Waals surface area contributed by atoms with Crippen LogP contribution in [0.25, 0.3) is 0 Å². The van der Waals surface area contributed by atoms with Gasteiger partial charge in [0.2, 0.25) is 5.91 Å². The zero-order valence-electron chi connectivity index (χ0n) is 25.6. The van der Waals surface area contributed by atoms with Gasteiger partial charge in [0.25, 0.3) is 11.8 Å². The summed E-state index contributed by atoms with van der Waals surface area (Å²) in [7, 11) is 0. The lowest BCUT2D eigenvalue weighted by Gasteiger charge is -2.39. The maximum absolute atomic E-state index is 14.4. The van der Waals surface area contributed by atoms with Crippen LogP contribution in [0.3, 0.4) is 0 Å². The third kappa shape index (κ3) is 6.97. The molecule has 0 aromatic heterocycles. The van der Waals surface area contributed by atoms with E-state index >= 15 is 0 Å². The van der Waals surface area contributed by atoms with Crippen molar-refractivity contribution >= 4 is 35.0 Å². The molecule has 2 unspecified atom stereocenters. The standard InChI is InChI=1S/C35H41N5O3/c1-23(2)31(40(20-10-19-36)33(42)28-17-15-24(3)16-18-28)32-37-25(4)35(34(43)39-32,22-27-11-7-6-8-12-27)29-13-9-14-30(21-29)38-26(5)41/h6-9,11-18,21,23,31H,10,19-20,22,36H2,1-5H3,(H,38,41). The lowest BCUT2D eigenvalue weighted by molar-refractivity contribution is -0.121. The highest BCUT2D eigenvalue weighted by molar-refractivity contribution is 6.23. The van der Waals surface area contributed by atoms with Gasteiger partial charge >= 0.3 is 0 Å². The molecule has 0 aliphatic carbocycles. The van der Waals surface area contributed by atoms with Gasteiger partial charge in [-0.25, -0.2) is 4.99 Å². The number of amidine groups is 1. The lowest BCUT2D eigenvalue weighted by Crippen LogP contribution is -2.53. The van der Waals surface area contributed by atoms with Crippen molar-refractivity contribution in [2.75, 3.05) is 18.4 Å². The van der Waals surface area contributed by atoms with Crippen LogP contribution in [0.5, 0.6) is 0 Å². The Labute approximate surface area is 254 Å². The Morgan fingerprint density at radius 3 is 2.26 bits per heavy atom. The van der Waals surface area contributed by atoms with Crippen LogP contribution >= 0.6 is 0 Å². The number of carbonyl (C=O) groups is 3. The highest BCUT2D eigenvalue weighted by Crippen LogP contribution is 2.37. The molecule has 4 rings (SSSR count). The molecular weight excluding hydrogens is 538 g/mol. The van der Waals surface area contributed by atoms with Gasteiger partial charge in [-0.2, -0.15) is 4.99 Å². The van der Waals surface area contributed by atoms with Crippen LogP contribution in [-0.2, 0) is 21.4 Å². The third-order valence-corrected chi connectivity index (χ3v) is 7.86. The number of nitrogens with one attached hydrogen (secondary N) is 1. The Morgan fingerprint density at radius 1 is 0.953 bits per heavy atom. The molecule has 43 heavy (non-hydrogen) atoms. The van der Waals surface area contributed by atoms with E-state index in [2.05, 4.69) is 10.3 Å². The van der Waals surface area contributed by atoms with Gasteiger partial charge in [0.05, 0.1) is 6.04 Å². The quantitative estimate of drug-likeness (QED) is 0.318. The van der Waals surface area contributed by atoms with E-state index in [1.807, 2.05) is 100 Å². The van der Waals surface area contributed by atoms with Crippen molar-refractivity contribution in [3.63, 3.8) is 0 Å². The molecule has 3 N–H and O–H groups in total. The zero-order chi connectivity index (χ0) is 31.1. The molecule has 1 heterocycles. The van der Waals surface area contributed by atoms with E-state index in [1.54, 1.807) is 11.0 Å². The number of hydrogen-bond donors (Lipinski definition) is 2. The van der Waals surface area contributed by atoms with Crippen LogP contribution in [0.4, 0.5) is 5.69 Å². The monoisotopic (exact) mass is 579 g/mol. The highest BCUT2D eigenvalue weighted by atomic mass is 16.2. The summed E-state index contributed by atoms with van der Waals surface area (Å²) < 4.78 is 0. The van der Waals surface area contributed by atoms with Gasteiger partial charge in [-0.05, 0) is 74.5 Å². The smallest absolute Gasteiger partial charge is 0.264 e. The summed E-state index contributed by atoms with van der Waals surface area (Å²) in [6, 6.07) is 24.0. The Balaban J connectivity index is 1.82. The summed E-state index contributed by atoms with van der Waals surface area (Å²) in [6.45, 7) is 10.1. The van der Waals surface area contributed by atoms with Crippen LogP contribution in [0, 0.1) is 12.8 Å². The number of anilines is 1. The molecule has 0 fully saturated rings. The molecule has 0 saturated carbocycles. The molecule has 3 amide bonds. The Hall–Kier alpha value is -4.43. The molecular formula is C35H41N5O3. The molecule has 0 radical (unpaired) electrons. The second-order valence-electron chi connectivity index (χ2n) is 11.5. The predicted octanol–water partition coefficient (Wildman–Crippen LogP) is 5.35. The fourth-order valence-corrected chi connectivity index (χ4v) is 5.67. The first-order valence-corrected chi connectivity index (χ1v) is 14.8. The van der Waals surface area contributed by atoms with Crippen molar-refractivity contribution in [1.82, 2.24) is 4.90 Å². The zero-order valence-corrected chi connectivity index (χ0v) is 25.6. The van der Waals surface area contributed by atoms with Crippen molar-refractivity contribution in [3.8, 4) is 0 Å². The Bertz CT molecular complexity index is 1530. The Morgan fingerprint density at radius 2 is 1.65 bits per heavy atom. The molecule has 3 aromatic rings. The second-order valence-corrected chi connectivity index (χ2v) is 11.5. The van der Waals surface area contributed by atoms with Crippen LogP contribution in [0.15, 0.2) is 88.8 Å². The van der Waals surface area contributed by atoms with E-state index in [0.717, 1.165) is 11.1 Å². The molecule has 8 nitrogen and oxygen atoms in total. The van der Waals surface area contributed by atoms with E-state index in [9.17, 15) is 14.4 Å². The topological polar surface area (TPSA) is 117 Å². The SMILES string of the molecule is CC(=O)Nc1cccc(C2(Cc3ccccc3)C(=O)N=C(C(C(C)C)N(CCCN)C(=O)c3ccc(C)cc3)N=C2C)c1. The minimum Gasteiger partial charge on any atom is -0.330 e. The van der Waals surface area contributed by atoms with Gasteiger partial charge in [-0.15, -0.1) is 0 Å². The van der Waals surface area contributed by atoms with E-state index in [0.29, 0.717) is 54.3 Å². The van der Waals surface area contributed by atoms with E-state index < -0.39 is 11.5 Å². The maximum atomic E-state index is 14.4. The number of hydrogen-bond acceptors (Lipinski definition) is 5. The molecule has 2 atom stereocenters. The van der Waals surface area contributed by atoms with Crippen molar-refractivity contribution in [3.05, 3.63) is 101 Å². The number of nitrogens with zero attached hydrogens (tertiary/aromatic N) is 3. The molecule has 0 saturated heterocycles. The summed E-state index contributed by atoms with van der Waals surface area (Å²) in [5.74, 6) is -0.479. The minimum absolute atomic E-state index is 0.0833.